The number of aliphatic hydroxyl groups is 1. The summed E-state index contributed by atoms with van der Waals surface area (Å²) in [6, 6.07) is 19.5. The van der Waals surface area contributed by atoms with Crippen molar-refractivity contribution in [2.75, 3.05) is 0 Å². The fourth-order valence-corrected chi connectivity index (χ4v) is 7.16. The van der Waals surface area contributed by atoms with Gasteiger partial charge in [-0.3, -0.25) is 0 Å². The normalized spacial score (nSPS) is 33.8. The van der Waals surface area contributed by atoms with Gasteiger partial charge in [-0.25, -0.2) is 0 Å². The molecule has 3 aromatic carbocycles. The fourth-order valence-electron chi connectivity index (χ4n) is 7.16. The van der Waals surface area contributed by atoms with Gasteiger partial charge in [0.2, 0.25) is 0 Å². The van der Waals surface area contributed by atoms with E-state index in [0.29, 0.717) is 0 Å². The Morgan fingerprint density at radius 1 is 0.731 bits per heavy atom. The molecule has 0 aliphatic heterocycles. The first-order chi connectivity index (χ1) is 12.7. The lowest BCUT2D eigenvalue weighted by Gasteiger charge is -2.58. The van der Waals surface area contributed by atoms with Crippen LogP contribution in [-0.2, 0) is 0 Å². The lowest BCUT2D eigenvalue weighted by atomic mass is 9.47. The van der Waals surface area contributed by atoms with Crippen molar-refractivity contribution in [3.8, 4) is 0 Å². The minimum Gasteiger partial charge on any atom is -0.388 e. The number of hydrogen-bond donors (Lipinski definition) is 1. The molecule has 0 saturated heterocycles. The lowest BCUT2D eigenvalue weighted by Crippen LogP contribution is -2.48. The van der Waals surface area contributed by atoms with E-state index >= 15 is 0 Å². The van der Waals surface area contributed by atoms with Gasteiger partial charge in [0.05, 0.1) is 6.10 Å². The summed E-state index contributed by atoms with van der Waals surface area (Å²) in [5.41, 5.74) is 1.31. The first-order valence-corrected chi connectivity index (χ1v) is 10.3. The van der Waals surface area contributed by atoms with Crippen LogP contribution in [0.4, 0.5) is 0 Å². The summed E-state index contributed by atoms with van der Waals surface area (Å²) < 4.78 is 0. The zero-order valence-electron chi connectivity index (χ0n) is 15.2. The molecule has 0 spiro atoms. The molecule has 4 bridgehead atoms. The van der Waals surface area contributed by atoms with Crippen LogP contribution in [0.15, 0.2) is 54.6 Å². The Bertz CT molecular complexity index is 912. The van der Waals surface area contributed by atoms with Gasteiger partial charge in [-0.15, -0.1) is 0 Å². The number of hydrogen-bond acceptors (Lipinski definition) is 1. The van der Waals surface area contributed by atoms with Crippen molar-refractivity contribution < 1.29 is 5.11 Å². The molecule has 4 aliphatic rings. The minimum atomic E-state index is -0.341. The van der Waals surface area contributed by atoms with Crippen LogP contribution in [-0.4, -0.2) is 5.11 Å². The molecule has 4 saturated carbocycles. The molecule has 4 fully saturated rings. The molecule has 0 amide bonds. The van der Waals surface area contributed by atoms with Gasteiger partial charge in [0.25, 0.3) is 0 Å². The van der Waals surface area contributed by atoms with Crippen molar-refractivity contribution in [1.29, 1.82) is 0 Å². The average Bonchev–Trinajstić information content (AvgIpc) is 2.64. The molecule has 132 valence electrons. The Morgan fingerprint density at radius 2 is 1.19 bits per heavy atom. The third kappa shape index (κ3) is 2.07. The van der Waals surface area contributed by atoms with Crippen LogP contribution < -0.4 is 0 Å². The van der Waals surface area contributed by atoms with Crippen molar-refractivity contribution >= 4 is 21.5 Å². The summed E-state index contributed by atoms with van der Waals surface area (Å²) in [5.74, 6) is 2.58. The predicted octanol–water partition coefficient (Wildman–Crippen LogP) is 6.24. The average molecular weight is 342 g/mol. The van der Waals surface area contributed by atoms with Crippen LogP contribution in [0.5, 0.6) is 0 Å². The number of benzene rings is 3. The second-order valence-corrected chi connectivity index (χ2v) is 9.41. The second kappa shape index (κ2) is 5.33. The molecule has 7 rings (SSSR count). The molecule has 3 aromatic rings. The number of rotatable bonds is 2. The standard InChI is InChI=1S/C25H26O/c26-24(25-13-16-9-17(14-25)11-18(10-16)15-25)23-21-7-3-1-5-19(21)12-20-6-2-4-8-22(20)23/h1-8,12,16-18,24,26H,9-11,13-15H2/t16?,17?,18?,24-,25?/m1/s1. The minimum absolute atomic E-state index is 0.113. The maximum atomic E-state index is 11.9. The summed E-state index contributed by atoms with van der Waals surface area (Å²) in [7, 11) is 0. The zero-order valence-corrected chi connectivity index (χ0v) is 15.2. The van der Waals surface area contributed by atoms with Gasteiger partial charge in [0.15, 0.2) is 0 Å². The van der Waals surface area contributed by atoms with E-state index in [4.69, 9.17) is 0 Å². The smallest absolute Gasteiger partial charge is 0.0858 e. The van der Waals surface area contributed by atoms with Gasteiger partial charge >= 0.3 is 0 Å². The molecule has 1 nitrogen and oxygen atoms in total. The van der Waals surface area contributed by atoms with E-state index < -0.39 is 0 Å². The molecular formula is C25H26O. The van der Waals surface area contributed by atoms with Crippen LogP contribution >= 0.6 is 0 Å². The number of fused-ring (bicyclic) bond motifs is 2. The molecule has 0 aromatic heterocycles. The molecule has 1 N–H and O–H groups in total. The monoisotopic (exact) mass is 342 g/mol. The highest BCUT2D eigenvalue weighted by Gasteiger charge is 2.54. The molecule has 1 heteroatoms. The van der Waals surface area contributed by atoms with E-state index in [1.807, 2.05) is 0 Å². The van der Waals surface area contributed by atoms with Crippen molar-refractivity contribution in [2.45, 2.75) is 44.6 Å². The first-order valence-electron chi connectivity index (χ1n) is 10.3. The maximum Gasteiger partial charge on any atom is 0.0858 e. The van der Waals surface area contributed by atoms with Gasteiger partial charge in [-0.1, -0.05) is 48.5 Å². The van der Waals surface area contributed by atoms with Crippen molar-refractivity contribution in [3.05, 3.63) is 60.2 Å². The molecule has 0 radical (unpaired) electrons. The highest BCUT2D eigenvalue weighted by atomic mass is 16.3. The first kappa shape index (κ1) is 15.2. The van der Waals surface area contributed by atoms with Gasteiger partial charge in [0, 0.05) is 5.41 Å². The summed E-state index contributed by atoms with van der Waals surface area (Å²) in [4.78, 5) is 0. The van der Waals surface area contributed by atoms with Crippen LogP contribution in [0.3, 0.4) is 0 Å². The molecule has 4 aliphatic carbocycles. The Hall–Kier alpha value is -1.86. The summed E-state index contributed by atoms with van der Waals surface area (Å²) in [6.45, 7) is 0. The summed E-state index contributed by atoms with van der Waals surface area (Å²) in [5, 5.41) is 16.9. The van der Waals surface area contributed by atoms with E-state index in [1.54, 1.807) is 0 Å². The van der Waals surface area contributed by atoms with E-state index in [2.05, 4.69) is 54.6 Å². The van der Waals surface area contributed by atoms with Gasteiger partial charge in [-0.05, 0) is 89.5 Å². The summed E-state index contributed by atoms with van der Waals surface area (Å²) >= 11 is 0. The van der Waals surface area contributed by atoms with E-state index in [0.717, 1.165) is 17.8 Å². The van der Waals surface area contributed by atoms with E-state index in [9.17, 15) is 5.11 Å². The highest BCUT2D eigenvalue weighted by Crippen LogP contribution is 2.64. The molecule has 0 unspecified atom stereocenters. The molecular weight excluding hydrogens is 316 g/mol. The Morgan fingerprint density at radius 3 is 1.69 bits per heavy atom. The SMILES string of the molecule is O[C@H](c1c2ccccc2cc2ccccc12)C12CC3CC(CC(C3)C1)C2. The van der Waals surface area contributed by atoms with E-state index in [-0.39, 0.29) is 11.5 Å². The topological polar surface area (TPSA) is 20.2 Å². The molecule has 26 heavy (non-hydrogen) atoms. The lowest BCUT2D eigenvalue weighted by molar-refractivity contribution is -0.121. The van der Waals surface area contributed by atoms with Crippen LogP contribution in [0.1, 0.15) is 50.2 Å². The van der Waals surface area contributed by atoms with Crippen LogP contribution in [0.2, 0.25) is 0 Å². The number of aliphatic hydroxyl groups excluding tert-OH is 1. The van der Waals surface area contributed by atoms with Crippen molar-refractivity contribution in [3.63, 3.8) is 0 Å². The fraction of sp³-hybridized carbons (Fsp3) is 0.440. The predicted molar refractivity (Wildman–Crippen MR) is 107 cm³/mol. The third-order valence-corrected chi connectivity index (χ3v) is 7.75. The Labute approximate surface area is 155 Å². The third-order valence-electron chi connectivity index (χ3n) is 7.75. The largest absolute Gasteiger partial charge is 0.388 e. The van der Waals surface area contributed by atoms with E-state index in [1.165, 1.54) is 65.6 Å². The van der Waals surface area contributed by atoms with Crippen LogP contribution in [0, 0.1) is 23.2 Å². The van der Waals surface area contributed by atoms with Gasteiger partial charge in [-0.2, -0.15) is 0 Å². The maximum absolute atomic E-state index is 11.9. The Balaban J connectivity index is 1.59. The van der Waals surface area contributed by atoms with Crippen LogP contribution in [0.25, 0.3) is 21.5 Å². The summed E-state index contributed by atoms with van der Waals surface area (Å²) in [6.07, 6.45) is 7.62. The van der Waals surface area contributed by atoms with Gasteiger partial charge < -0.3 is 5.11 Å². The second-order valence-electron chi connectivity index (χ2n) is 9.41. The van der Waals surface area contributed by atoms with Gasteiger partial charge in [0.1, 0.15) is 0 Å². The van der Waals surface area contributed by atoms with Crippen molar-refractivity contribution in [1.82, 2.24) is 0 Å². The zero-order chi connectivity index (χ0) is 17.3. The molecule has 0 heterocycles. The molecule has 1 atom stereocenters. The quantitative estimate of drug-likeness (QED) is 0.546. The van der Waals surface area contributed by atoms with Crippen molar-refractivity contribution in [2.24, 2.45) is 23.2 Å². The highest BCUT2D eigenvalue weighted by molar-refractivity contribution is 6.02. The Kier molecular flexibility index (Phi) is 3.12.